The Morgan fingerprint density at radius 3 is 2.71 bits per heavy atom. The number of hydrogen-bond donors (Lipinski definition) is 1. The second-order valence-electron chi connectivity index (χ2n) is 7.68. The Morgan fingerprint density at radius 1 is 1.16 bits per heavy atom. The molecule has 1 fully saturated rings. The van der Waals surface area contributed by atoms with Crippen LogP contribution < -0.4 is 5.32 Å². The Kier molecular flexibility index (Phi) is 6.43. The zero-order valence-electron chi connectivity index (χ0n) is 18.2. The van der Waals surface area contributed by atoms with Gasteiger partial charge in [0.25, 0.3) is 0 Å². The van der Waals surface area contributed by atoms with Gasteiger partial charge in [-0.2, -0.15) is 0 Å². The molecular formula is C22H26N6OS2. The molecule has 0 aromatic carbocycles. The maximum absolute atomic E-state index is 13.0. The predicted molar refractivity (Wildman–Crippen MR) is 126 cm³/mol. The maximum Gasteiger partial charge on any atom is 0.247 e. The largest absolute Gasteiger partial charge is 0.331 e. The molecule has 3 aromatic rings. The lowest BCUT2D eigenvalue weighted by Crippen LogP contribution is -2.38. The highest BCUT2D eigenvalue weighted by molar-refractivity contribution is 7.15. The molecule has 0 bridgehead atoms. The number of likely N-dealkylation sites (tertiary alicyclic amines) is 1. The molecule has 0 spiro atoms. The molecule has 4 heterocycles. The van der Waals surface area contributed by atoms with Gasteiger partial charge < -0.3 is 10.2 Å². The summed E-state index contributed by atoms with van der Waals surface area (Å²) in [6.07, 6.45) is 6.38. The highest BCUT2D eigenvalue weighted by Crippen LogP contribution is 2.32. The third-order valence-electron chi connectivity index (χ3n) is 5.28. The summed E-state index contributed by atoms with van der Waals surface area (Å²) in [7, 11) is 0. The second-order valence-corrected chi connectivity index (χ2v) is 9.94. The van der Waals surface area contributed by atoms with Gasteiger partial charge >= 0.3 is 0 Å². The molecule has 1 saturated heterocycles. The Hall–Kier alpha value is -2.65. The molecule has 0 saturated carbocycles. The number of hydrogen-bond acceptors (Lipinski definition) is 8. The molecule has 1 aliphatic heterocycles. The van der Waals surface area contributed by atoms with Crippen LogP contribution in [0.1, 0.15) is 58.1 Å². The van der Waals surface area contributed by atoms with Crippen molar-refractivity contribution in [3.63, 3.8) is 0 Å². The van der Waals surface area contributed by atoms with E-state index >= 15 is 0 Å². The van der Waals surface area contributed by atoms with Crippen LogP contribution in [0.2, 0.25) is 0 Å². The number of nitrogens with one attached hydrogen (secondary N) is 1. The molecule has 0 radical (unpaired) electrons. The molecule has 7 nitrogen and oxygen atoms in total. The Balaban J connectivity index is 1.56. The quantitative estimate of drug-likeness (QED) is 0.538. The van der Waals surface area contributed by atoms with Gasteiger partial charge in [0, 0.05) is 28.9 Å². The summed E-state index contributed by atoms with van der Waals surface area (Å²) in [5.74, 6) is 1.38. The summed E-state index contributed by atoms with van der Waals surface area (Å²) in [5.41, 5.74) is 2.71. The van der Waals surface area contributed by atoms with Crippen LogP contribution in [0.25, 0.3) is 6.08 Å². The highest BCUT2D eigenvalue weighted by Gasteiger charge is 2.28. The molecule has 1 N–H and O–H groups in total. The van der Waals surface area contributed by atoms with Crippen LogP contribution in [-0.4, -0.2) is 37.3 Å². The minimum Gasteiger partial charge on any atom is -0.331 e. The SMILES string of the molecule is Cc1nc(Nc2nc(C)c(C)s2)cc(C2CCCCN2C(=O)C=Cc2csc(C)n2)n1. The summed E-state index contributed by atoms with van der Waals surface area (Å²) in [4.78, 5) is 34.3. The van der Waals surface area contributed by atoms with Gasteiger partial charge in [-0.1, -0.05) is 0 Å². The number of rotatable bonds is 5. The van der Waals surface area contributed by atoms with Crippen molar-refractivity contribution < 1.29 is 4.79 Å². The lowest BCUT2D eigenvalue weighted by Gasteiger charge is -2.35. The van der Waals surface area contributed by atoms with E-state index < -0.39 is 0 Å². The number of piperidine rings is 1. The molecule has 4 rings (SSSR count). The van der Waals surface area contributed by atoms with Gasteiger partial charge in [-0.15, -0.1) is 22.7 Å². The van der Waals surface area contributed by atoms with E-state index in [4.69, 9.17) is 0 Å². The van der Waals surface area contributed by atoms with Crippen LogP contribution in [0, 0.1) is 27.7 Å². The van der Waals surface area contributed by atoms with Gasteiger partial charge in [-0.05, 0) is 53.0 Å². The lowest BCUT2D eigenvalue weighted by atomic mass is 9.98. The van der Waals surface area contributed by atoms with Gasteiger partial charge in [0.2, 0.25) is 5.91 Å². The van der Waals surface area contributed by atoms with E-state index in [0.29, 0.717) is 11.6 Å². The van der Waals surface area contributed by atoms with Crippen molar-refractivity contribution in [2.45, 2.75) is 53.0 Å². The number of aromatic nitrogens is 4. The third kappa shape index (κ3) is 5.16. The first-order valence-electron chi connectivity index (χ1n) is 10.4. The predicted octanol–water partition coefficient (Wildman–Crippen LogP) is 5.13. The van der Waals surface area contributed by atoms with Crippen LogP contribution in [-0.2, 0) is 4.79 Å². The van der Waals surface area contributed by atoms with Gasteiger partial charge in [0.1, 0.15) is 11.6 Å². The first kappa shape index (κ1) is 21.6. The summed E-state index contributed by atoms with van der Waals surface area (Å²) < 4.78 is 0. The summed E-state index contributed by atoms with van der Waals surface area (Å²) in [5, 5.41) is 7.08. The zero-order valence-corrected chi connectivity index (χ0v) is 19.8. The Bertz CT molecular complexity index is 1100. The summed E-state index contributed by atoms with van der Waals surface area (Å²) in [6, 6.07) is 1.88. The van der Waals surface area contributed by atoms with Crippen molar-refractivity contribution in [1.29, 1.82) is 0 Å². The lowest BCUT2D eigenvalue weighted by molar-refractivity contribution is -0.129. The van der Waals surface area contributed by atoms with E-state index in [2.05, 4.69) is 32.2 Å². The number of carbonyl (C=O) groups is 1. The van der Waals surface area contributed by atoms with Crippen molar-refractivity contribution in [3.05, 3.63) is 50.3 Å². The Morgan fingerprint density at radius 2 is 2.00 bits per heavy atom. The number of nitrogens with zero attached hydrogens (tertiary/aromatic N) is 5. The molecule has 1 atom stereocenters. The van der Waals surface area contributed by atoms with Crippen molar-refractivity contribution in [2.75, 3.05) is 11.9 Å². The third-order valence-corrected chi connectivity index (χ3v) is 7.06. The van der Waals surface area contributed by atoms with E-state index in [-0.39, 0.29) is 11.9 Å². The molecular weight excluding hydrogens is 428 g/mol. The monoisotopic (exact) mass is 454 g/mol. The number of aryl methyl sites for hydroxylation is 4. The topological polar surface area (TPSA) is 83.9 Å². The van der Waals surface area contributed by atoms with E-state index in [1.807, 2.05) is 37.1 Å². The normalized spacial score (nSPS) is 16.8. The van der Waals surface area contributed by atoms with Crippen LogP contribution >= 0.6 is 22.7 Å². The van der Waals surface area contributed by atoms with E-state index in [0.717, 1.165) is 53.0 Å². The fourth-order valence-electron chi connectivity index (χ4n) is 3.67. The standard InChI is InChI=1S/C22H26N6OS2/c1-13-14(2)31-22(23-13)27-20-11-18(24-15(3)25-20)19-7-5-6-10-28(19)21(29)9-8-17-12-30-16(4)26-17/h8-9,11-12,19H,5-7,10H2,1-4H3,(H,23,24,25,27). The number of amides is 1. The molecule has 31 heavy (non-hydrogen) atoms. The van der Waals surface area contributed by atoms with E-state index in [9.17, 15) is 4.79 Å². The number of carbonyl (C=O) groups excluding carboxylic acids is 1. The van der Waals surface area contributed by atoms with Crippen LogP contribution in [0.4, 0.5) is 10.9 Å². The minimum atomic E-state index is -0.0647. The van der Waals surface area contributed by atoms with Gasteiger partial charge in [0.05, 0.1) is 28.1 Å². The van der Waals surface area contributed by atoms with Gasteiger partial charge in [-0.3, -0.25) is 4.79 Å². The van der Waals surface area contributed by atoms with Crippen molar-refractivity contribution in [2.24, 2.45) is 0 Å². The fourth-order valence-corrected chi connectivity index (χ4v) is 5.08. The van der Waals surface area contributed by atoms with Gasteiger partial charge in [0.15, 0.2) is 5.13 Å². The molecule has 3 aromatic heterocycles. The van der Waals surface area contributed by atoms with Crippen LogP contribution in [0.3, 0.4) is 0 Å². The molecule has 162 valence electrons. The zero-order chi connectivity index (χ0) is 22.0. The Labute approximate surface area is 190 Å². The van der Waals surface area contributed by atoms with Gasteiger partial charge in [-0.25, -0.2) is 19.9 Å². The number of anilines is 2. The van der Waals surface area contributed by atoms with Crippen LogP contribution in [0.5, 0.6) is 0 Å². The smallest absolute Gasteiger partial charge is 0.247 e. The second kappa shape index (κ2) is 9.23. The highest BCUT2D eigenvalue weighted by atomic mass is 32.1. The average Bonchev–Trinajstić information content (AvgIpc) is 3.30. The average molecular weight is 455 g/mol. The van der Waals surface area contributed by atoms with E-state index in [1.165, 1.54) is 4.88 Å². The molecule has 0 aliphatic carbocycles. The van der Waals surface area contributed by atoms with Crippen molar-refractivity contribution in [3.8, 4) is 0 Å². The van der Waals surface area contributed by atoms with E-state index in [1.54, 1.807) is 34.8 Å². The minimum absolute atomic E-state index is 0.00713. The van der Waals surface area contributed by atoms with Crippen LogP contribution in [0.15, 0.2) is 17.5 Å². The first-order valence-corrected chi connectivity index (χ1v) is 12.1. The number of thiazole rings is 2. The fraction of sp³-hybridized carbons (Fsp3) is 0.409. The molecule has 1 aliphatic rings. The maximum atomic E-state index is 13.0. The van der Waals surface area contributed by atoms with Crippen molar-refractivity contribution >= 4 is 45.6 Å². The summed E-state index contributed by atoms with van der Waals surface area (Å²) in [6.45, 7) is 8.62. The van der Waals surface area contributed by atoms with Crippen molar-refractivity contribution in [1.82, 2.24) is 24.8 Å². The molecule has 1 unspecified atom stereocenters. The summed E-state index contributed by atoms with van der Waals surface area (Å²) >= 11 is 3.19. The first-order chi connectivity index (χ1) is 14.9. The molecule has 9 heteroatoms. The molecule has 1 amide bonds.